The highest BCUT2D eigenvalue weighted by Crippen LogP contribution is 2.24. The lowest BCUT2D eigenvalue weighted by atomic mass is 9.83. The second-order valence-electron chi connectivity index (χ2n) is 5.22. The Hall–Kier alpha value is -1.22. The molecule has 18 heavy (non-hydrogen) atoms. The third kappa shape index (κ3) is 3.39. The first-order valence-electron chi connectivity index (χ1n) is 6.66. The van der Waals surface area contributed by atoms with Gasteiger partial charge in [0.2, 0.25) is 0 Å². The van der Waals surface area contributed by atoms with Gasteiger partial charge >= 0.3 is 0 Å². The molecule has 2 rings (SSSR count). The maximum Gasteiger partial charge on any atom is 0.163 e. The number of ketones is 1. The minimum absolute atomic E-state index is 0.0487. The summed E-state index contributed by atoms with van der Waals surface area (Å²) in [5, 5.41) is 3.37. The molecule has 0 spiro atoms. The minimum Gasteiger partial charge on any atom is -0.316 e. The van der Waals surface area contributed by atoms with Crippen LogP contribution in [-0.2, 0) is 0 Å². The van der Waals surface area contributed by atoms with Crippen LogP contribution < -0.4 is 5.32 Å². The van der Waals surface area contributed by atoms with Crippen LogP contribution in [0.1, 0.15) is 36.5 Å². The van der Waals surface area contributed by atoms with E-state index in [1.807, 2.05) is 0 Å². The van der Waals surface area contributed by atoms with Gasteiger partial charge in [-0.3, -0.25) is 4.79 Å². The zero-order valence-electron chi connectivity index (χ0n) is 10.8. The SMILES string of the molecule is CC(CC(=O)c1cccc(F)c1)C1CCCNC1. The average molecular weight is 249 g/mol. The Morgan fingerprint density at radius 1 is 1.56 bits per heavy atom. The second kappa shape index (κ2) is 6.10. The summed E-state index contributed by atoms with van der Waals surface area (Å²) in [6.45, 7) is 4.20. The second-order valence-corrected chi connectivity index (χ2v) is 5.22. The van der Waals surface area contributed by atoms with Gasteiger partial charge in [-0.05, 0) is 49.9 Å². The van der Waals surface area contributed by atoms with Crippen LogP contribution in [0.2, 0.25) is 0 Å². The summed E-state index contributed by atoms with van der Waals surface area (Å²) in [5.74, 6) is 0.630. The van der Waals surface area contributed by atoms with E-state index in [1.165, 1.54) is 25.0 Å². The Morgan fingerprint density at radius 2 is 2.39 bits per heavy atom. The quantitative estimate of drug-likeness (QED) is 0.831. The van der Waals surface area contributed by atoms with Crippen molar-refractivity contribution >= 4 is 5.78 Å². The number of nitrogens with one attached hydrogen (secondary N) is 1. The molecule has 1 aromatic carbocycles. The van der Waals surface area contributed by atoms with E-state index in [-0.39, 0.29) is 11.6 Å². The van der Waals surface area contributed by atoms with Crippen LogP contribution in [0.25, 0.3) is 0 Å². The third-order valence-corrected chi connectivity index (χ3v) is 3.79. The first-order valence-corrected chi connectivity index (χ1v) is 6.66. The fourth-order valence-corrected chi connectivity index (χ4v) is 2.60. The standard InChI is InChI=1S/C15H20FNO/c1-11(13-5-3-7-17-10-13)8-15(18)12-4-2-6-14(16)9-12/h2,4,6,9,11,13,17H,3,5,7-8,10H2,1H3. The Kier molecular flexibility index (Phi) is 4.48. The Balaban J connectivity index is 1.94. The van der Waals surface area contributed by atoms with Crippen molar-refractivity contribution in [3.05, 3.63) is 35.6 Å². The van der Waals surface area contributed by atoms with Crippen molar-refractivity contribution in [3.8, 4) is 0 Å². The third-order valence-electron chi connectivity index (χ3n) is 3.79. The topological polar surface area (TPSA) is 29.1 Å². The molecule has 1 saturated heterocycles. The van der Waals surface area contributed by atoms with Crippen LogP contribution in [0.4, 0.5) is 4.39 Å². The zero-order valence-corrected chi connectivity index (χ0v) is 10.8. The Morgan fingerprint density at radius 3 is 3.06 bits per heavy atom. The maximum absolute atomic E-state index is 13.1. The van der Waals surface area contributed by atoms with Crippen molar-refractivity contribution in [2.75, 3.05) is 13.1 Å². The lowest BCUT2D eigenvalue weighted by Crippen LogP contribution is -2.34. The molecule has 0 saturated carbocycles. The molecule has 0 bridgehead atoms. The molecule has 98 valence electrons. The summed E-state index contributed by atoms with van der Waals surface area (Å²) in [6.07, 6.45) is 2.88. The van der Waals surface area contributed by atoms with Crippen LogP contribution in [0, 0.1) is 17.7 Å². The van der Waals surface area contributed by atoms with E-state index in [1.54, 1.807) is 12.1 Å². The van der Waals surface area contributed by atoms with Gasteiger partial charge in [-0.1, -0.05) is 19.1 Å². The van der Waals surface area contributed by atoms with E-state index in [0.717, 1.165) is 13.1 Å². The van der Waals surface area contributed by atoms with Gasteiger partial charge in [0.15, 0.2) is 5.78 Å². The van der Waals surface area contributed by atoms with E-state index in [2.05, 4.69) is 12.2 Å². The minimum atomic E-state index is -0.340. The van der Waals surface area contributed by atoms with Gasteiger partial charge in [-0.2, -0.15) is 0 Å². The number of carbonyl (C=O) groups excluding carboxylic acids is 1. The number of carbonyl (C=O) groups is 1. The first kappa shape index (κ1) is 13.2. The maximum atomic E-state index is 13.1. The van der Waals surface area contributed by atoms with Gasteiger partial charge in [-0.15, -0.1) is 0 Å². The van der Waals surface area contributed by atoms with Crippen LogP contribution in [0.3, 0.4) is 0 Å². The van der Waals surface area contributed by atoms with Gasteiger partial charge in [0.1, 0.15) is 5.82 Å². The Bertz CT molecular complexity index is 413. The molecule has 1 fully saturated rings. The fraction of sp³-hybridized carbons (Fsp3) is 0.533. The van der Waals surface area contributed by atoms with Crippen LogP contribution in [0.15, 0.2) is 24.3 Å². The normalized spacial score (nSPS) is 21.6. The summed E-state index contributed by atoms with van der Waals surface area (Å²) in [4.78, 5) is 12.1. The number of hydrogen-bond donors (Lipinski definition) is 1. The molecular formula is C15H20FNO. The van der Waals surface area contributed by atoms with Gasteiger partial charge in [0.05, 0.1) is 0 Å². The largest absolute Gasteiger partial charge is 0.316 e. The molecule has 1 aromatic rings. The monoisotopic (exact) mass is 249 g/mol. The molecule has 0 aromatic heterocycles. The van der Waals surface area contributed by atoms with Gasteiger partial charge in [0, 0.05) is 12.0 Å². The molecule has 0 radical (unpaired) electrons. The molecule has 1 aliphatic rings. The van der Waals surface area contributed by atoms with Gasteiger partial charge in [-0.25, -0.2) is 4.39 Å². The lowest BCUT2D eigenvalue weighted by Gasteiger charge is -2.28. The zero-order chi connectivity index (χ0) is 13.0. The highest BCUT2D eigenvalue weighted by atomic mass is 19.1. The van der Waals surface area contributed by atoms with Crippen molar-refractivity contribution in [2.45, 2.75) is 26.2 Å². The predicted molar refractivity (Wildman–Crippen MR) is 70.1 cm³/mol. The number of benzene rings is 1. The summed E-state index contributed by atoms with van der Waals surface area (Å²) in [6, 6.07) is 5.98. The number of rotatable bonds is 4. The molecule has 2 atom stereocenters. The van der Waals surface area contributed by atoms with E-state index in [9.17, 15) is 9.18 Å². The van der Waals surface area contributed by atoms with Crippen molar-refractivity contribution in [1.29, 1.82) is 0 Å². The van der Waals surface area contributed by atoms with Gasteiger partial charge in [0.25, 0.3) is 0 Å². The molecule has 2 nitrogen and oxygen atoms in total. The average Bonchev–Trinajstić information content (AvgIpc) is 2.39. The van der Waals surface area contributed by atoms with Crippen molar-refractivity contribution in [3.63, 3.8) is 0 Å². The smallest absolute Gasteiger partial charge is 0.163 e. The van der Waals surface area contributed by atoms with Crippen LogP contribution in [0.5, 0.6) is 0 Å². The van der Waals surface area contributed by atoms with Crippen molar-refractivity contribution < 1.29 is 9.18 Å². The molecular weight excluding hydrogens is 229 g/mol. The molecule has 1 N–H and O–H groups in total. The van der Waals surface area contributed by atoms with Crippen LogP contribution >= 0.6 is 0 Å². The number of Topliss-reactive ketones (excluding diaryl/α,β-unsaturated/α-hetero) is 1. The summed E-state index contributed by atoms with van der Waals surface area (Å²) in [7, 11) is 0. The van der Waals surface area contributed by atoms with Crippen molar-refractivity contribution in [2.24, 2.45) is 11.8 Å². The lowest BCUT2D eigenvalue weighted by molar-refractivity contribution is 0.0942. The number of hydrogen-bond acceptors (Lipinski definition) is 2. The van der Waals surface area contributed by atoms with E-state index in [0.29, 0.717) is 23.8 Å². The summed E-state index contributed by atoms with van der Waals surface area (Å²) < 4.78 is 13.1. The van der Waals surface area contributed by atoms with Crippen LogP contribution in [-0.4, -0.2) is 18.9 Å². The highest BCUT2D eigenvalue weighted by molar-refractivity contribution is 5.96. The Labute approximate surface area is 108 Å². The molecule has 1 aliphatic heterocycles. The summed E-state index contributed by atoms with van der Waals surface area (Å²) in [5.41, 5.74) is 0.491. The molecule has 0 aliphatic carbocycles. The summed E-state index contributed by atoms with van der Waals surface area (Å²) >= 11 is 0. The number of halogens is 1. The molecule has 3 heteroatoms. The van der Waals surface area contributed by atoms with Crippen molar-refractivity contribution in [1.82, 2.24) is 5.32 Å². The predicted octanol–water partition coefficient (Wildman–Crippen LogP) is 3.03. The molecule has 2 unspecified atom stereocenters. The van der Waals surface area contributed by atoms with Gasteiger partial charge < -0.3 is 5.32 Å². The van der Waals surface area contributed by atoms with E-state index in [4.69, 9.17) is 0 Å². The number of piperidine rings is 1. The first-order chi connectivity index (χ1) is 8.66. The fourth-order valence-electron chi connectivity index (χ4n) is 2.60. The molecule has 1 heterocycles. The molecule has 0 amide bonds. The highest BCUT2D eigenvalue weighted by Gasteiger charge is 2.22. The van der Waals surface area contributed by atoms with E-state index >= 15 is 0 Å². The van der Waals surface area contributed by atoms with E-state index < -0.39 is 0 Å².